The Balaban J connectivity index is 2.14. The Labute approximate surface area is 113 Å². The smallest absolute Gasteiger partial charge is 0.287 e. The number of halogens is 2. The quantitative estimate of drug-likeness (QED) is 0.687. The van der Waals surface area contributed by atoms with Gasteiger partial charge in [0.25, 0.3) is 5.69 Å². The van der Waals surface area contributed by atoms with Gasteiger partial charge < -0.3 is 5.32 Å². The highest BCUT2D eigenvalue weighted by molar-refractivity contribution is 5.42. The molecule has 1 heterocycles. The van der Waals surface area contributed by atoms with Crippen LogP contribution in [0.1, 0.15) is 18.5 Å². The van der Waals surface area contributed by atoms with Crippen LogP contribution in [0.15, 0.2) is 36.5 Å². The minimum absolute atomic E-state index is 0.129. The van der Waals surface area contributed by atoms with Gasteiger partial charge >= 0.3 is 0 Å². The van der Waals surface area contributed by atoms with E-state index in [9.17, 15) is 18.9 Å². The fraction of sp³-hybridized carbons (Fsp3) is 0.154. The first-order chi connectivity index (χ1) is 9.47. The molecule has 1 aromatic carbocycles. The normalized spacial score (nSPS) is 11.9. The van der Waals surface area contributed by atoms with E-state index in [1.54, 1.807) is 6.92 Å². The third-order valence-electron chi connectivity index (χ3n) is 2.75. The molecule has 5 nitrogen and oxygen atoms in total. The van der Waals surface area contributed by atoms with Crippen molar-refractivity contribution in [1.29, 1.82) is 0 Å². The molecule has 2 rings (SSSR count). The zero-order chi connectivity index (χ0) is 14.7. The molecule has 2 aromatic rings. The van der Waals surface area contributed by atoms with Crippen molar-refractivity contribution in [3.63, 3.8) is 0 Å². The first-order valence-electron chi connectivity index (χ1n) is 5.79. The summed E-state index contributed by atoms with van der Waals surface area (Å²) >= 11 is 0. The summed E-state index contributed by atoms with van der Waals surface area (Å²) in [6.45, 7) is 1.68. The Morgan fingerprint density at radius 3 is 2.60 bits per heavy atom. The second kappa shape index (κ2) is 5.60. The highest BCUT2D eigenvalue weighted by atomic mass is 19.1. The zero-order valence-electron chi connectivity index (χ0n) is 10.5. The summed E-state index contributed by atoms with van der Waals surface area (Å²) in [7, 11) is 0. The van der Waals surface area contributed by atoms with Gasteiger partial charge in [0.15, 0.2) is 0 Å². The van der Waals surface area contributed by atoms with Crippen molar-refractivity contribution in [2.24, 2.45) is 0 Å². The van der Waals surface area contributed by atoms with Gasteiger partial charge in [-0.05, 0) is 19.1 Å². The van der Waals surface area contributed by atoms with Crippen LogP contribution in [-0.4, -0.2) is 9.91 Å². The maximum atomic E-state index is 13.6. The molecule has 0 unspecified atom stereocenters. The molecule has 0 aliphatic rings. The van der Waals surface area contributed by atoms with Crippen LogP contribution >= 0.6 is 0 Å². The van der Waals surface area contributed by atoms with E-state index >= 15 is 0 Å². The summed E-state index contributed by atoms with van der Waals surface area (Å²) < 4.78 is 26.4. The van der Waals surface area contributed by atoms with E-state index in [0.29, 0.717) is 5.82 Å². The van der Waals surface area contributed by atoms with Gasteiger partial charge in [-0.1, -0.05) is 6.07 Å². The fourth-order valence-electron chi connectivity index (χ4n) is 1.73. The van der Waals surface area contributed by atoms with Crippen molar-refractivity contribution >= 4 is 11.5 Å². The Kier molecular flexibility index (Phi) is 3.88. The number of rotatable bonds is 4. The van der Waals surface area contributed by atoms with E-state index in [0.717, 1.165) is 12.3 Å². The molecule has 1 N–H and O–H groups in total. The molecule has 0 aliphatic carbocycles. The molecule has 0 aliphatic heterocycles. The van der Waals surface area contributed by atoms with Crippen LogP contribution in [0.25, 0.3) is 0 Å². The average Bonchev–Trinajstić information content (AvgIpc) is 2.39. The molecular weight excluding hydrogens is 268 g/mol. The maximum Gasteiger partial charge on any atom is 0.287 e. The summed E-state index contributed by atoms with van der Waals surface area (Å²) in [5.74, 6) is -0.939. The van der Waals surface area contributed by atoms with Gasteiger partial charge in [-0.3, -0.25) is 10.1 Å². The van der Waals surface area contributed by atoms with Crippen LogP contribution in [0, 0.1) is 21.7 Å². The van der Waals surface area contributed by atoms with Crippen LogP contribution in [0.2, 0.25) is 0 Å². The highest BCUT2D eigenvalue weighted by Crippen LogP contribution is 2.22. The largest absolute Gasteiger partial charge is 0.363 e. The second-order valence-electron chi connectivity index (χ2n) is 4.19. The number of nitrogens with zero attached hydrogens (tertiary/aromatic N) is 2. The lowest BCUT2D eigenvalue weighted by atomic mass is 10.1. The molecule has 0 radical (unpaired) electrons. The third kappa shape index (κ3) is 3.05. The first kappa shape index (κ1) is 13.9. The molecule has 7 heteroatoms. The number of aromatic nitrogens is 1. The number of benzene rings is 1. The van der Waals surface area contributed by atoms with Gasteiger partial charge in [-0.25, -0.2) is 13.8 Å². The fourth-order valence-corrected chi connectivity index (χ4v) is 1.73. The number of hydrogen-bond donors (Lipinski definition) is 1. The van der Waals surface area contributed by atoms with Crippen LogP contribution in [-0.2, 0) is 0 Å². The topological polar surface area (TPSA) is 68.1 Å². The predicted octanol–water partition coefficient (Wildman–Crippen LogP) is 3.44. The Morgan fingerprint density at radius 1 is 1.30 bits per heavy atom. The van der Waals surface area contributed by atoms with E-state index < -0.39 is 22.6 Å². The maximum absolute atomic E-state index is 13.6. The molecule has 20 heavy (non-hydrogen) atoms. The Morgan fingerprint density at radius 2 is 2.05 bits per heavy atom. The van der Waals surface area contributed by atoms with Crippen LogP contribution in [0.4, 0.5) is 20.3 Å². The van der Waals surface area contributed by atoms with Crippen molar-refractivity contribution in [2.45, 2.75) is 13.0 Å². The molecule has 1 aromatic heterocycles. The van der Waals surface area contributed by atoms with Gasteiger partial charge in [0.2, 0.25) is 0 Å². The molecule has 0 spiro atoms. The number of nitro groups is 1. The molecule has 0 saturated carbocycles. The van der Waals surface area contributed by atoms with Crippen LogP contribution < -0.4 is 5.32 Å². The van der Waals surface area contributed by atoms with Gasteiger partial charge in [0.1, 0.15) is 23.6 Å². The Bertz CT molecular complexity index is 632. The lowest BCUT2D eigenvalue weighted by Gasteiger charge is -2.15. The van der Waals surface area contributed by atoms with Crippen molar-refractivity contribution in [3.05, 3.63) is 63.8 Å². The number of hydrogen-bond acceptors (Lipinski definition) is 4. The molecule has 0 bridgehead atoms. The SMILES string of the molecule is C[C@H](Nc1ccc([N+](=O)[O-])cn1)c1ccc(F)cc1F. The molecule has 0 saturated heterocycles. The molecule has 1 atom stereocenters. The molecule has 0 amide bonds. The Hall–Kier alpha value is -2.57. The van der Waals surface area contributed by atoms with E-state index in [2.05, 4.69) is 10.3 Å². The number of anilines is 1. The monoisotopic (exact) mass is 279 g/mol. The van der Waals surface area contributed by atoms with Crippen LogP contribution in [0.3, 0.4) is 0 Å². The third-order valence-corrected chi connectivity index (χ3v) is 2.75. The predicted molar refractivity (Wildman–Crippen MR) is 69.3 cm³/mol. The summed E-state index contributed by atoms with van der Waals surface area (Å²) in [5.41, 5.74) is 0.155. The van der Waals surface area contributed by atoms with E-state index in [1.165, 1.54) is 24.3 Å². The molecule has 0 fully saturated rings. The number of nitrogens with one attached hydrogen (secondary N) is 1. The van der Waals surface area contributed by atoms with Crippen molar-refractivity contribution < 1.29 is 13.7 Å². The minimum atomic E-state index is -0.660. The lowest BCUT2D eigenvalue weighted by Crippen LogP contribution is -2.10. The number of pyridine rings is 1. The molecular formula is C13H11F2N3O2. The van der Waals surface area contributed by atoms with Crippen molar-refractivity contribution in [1.82, 2.24) is 4.98 Å². The van der Waals surface area contributed by atoms with Crippen molar-refractivity contribution in [2.75, 3.05) is 5.32 Å². The lowest BCUT2D eigenvalue weighted by molar-refractivity contribution is -0.385. The highest BCUT2D eigenvalue weighted by Gasteiger charge is 2.13. The van der Waals surface area contributed by atoms with Gasteiger partial charge in [0.05, 0.1) is 11.0 Å². The van der Waals surface area contributed by atoms with Crippen LogP contribution in [0.5, 0.6) is 0 Å². The van der Waals surface area contributed by atoms with Gasteiger partial charge in [-0.2, -0.15) is 0 Å². The van der Waals surface area contributed by atoms with Crippen molar-refractivity contribution in [3.8, 4) is 0 Å². The zero-order valence-corrected chi connectivity index (χ0v) is 10.5. The standard InChI is InChI=1S/C13H11F2N3O2/c1-8(11-4-2-9(14)6-12(11)15)17-13-5-3-10(7-16-13)18(19)20/h2-8H,1H3,(H,16,17)/t8-/m0/s1. The summed E-state index contributed by atoms with van der Waals surface area (Å²) in [5, 5.41) is 13.4. The summed E-state index contributed by atoms with van der Waals surface area (Å²) in [6, 6.07) is 5.58. The van der Waals surface area contributed by atoms with E-state index in [4.69, 9.17) is 0 Å². The summed E-state index contributed by atoms with van der Waals surface area (Å²) in [6.07, 6.45) is 1.11. The van der Waals surface area contributed by atoms with Gasteiger partial charge in [-0.15, -0.1) is 0 Å². The first-order valence-corrected chi connectivity index (χ1v) is 5.79. The van der Waals surface area contributed by atoms with E-state index in [1.807, 2.05) is 0 Å². The molecule has 104 valence electrons. The minimum Gasteiger partial charge on any atom is -0.363 e. The van der Waals surface area contributed by atoms with Gasteiger partial charge in [0, 0.05) is 17.7 Å². The average molecular weight is 279 g/mol. The van der Waals surface area contributed by atoms with E-state index in [-0.39, 0.29) is 11.3 Å². The second-order valence-corrected chi connectivity index (χ2v) is 4.19. The summed E-state index contributed by atoms with van der Waals surface area (Å²) in [4.78, 5) is 13.8.